The molecule has 1 atom stereocenters. The number of para-hydroxylation sites is 1. The predicted molar refractivity (Wildman–Crippen MR) is 79.3 cm³/mol. The summed E-state index contributed by atoms with van der Waals surface area (Å²) in [5.74, 6) is 0.253. The molecule has 1 aromatic heterocycles. The Labute approximate surface area is 118 Å². The molecular formula is C14H19N3O2S. The second-order valence-corrected chi connectivity index (χ2v) is 7.84. The quantitative estimate of drug-likeness (QED) is 0.919. The molecule has 1 aliphatic rings. The maximum absolute atomic E-state index is 11.7. The summed E-state index contributed by atoms with van der Waals surface area (Å²) in [6.07, 6.45) is 1.03. The Balaban J connectivity index is 2.00. The number of benzene rings is 1. The molecule has 108 valence electrons. The van der Waals surface area contributed by atoms with E-state index in [2.05, 4.69) is 5.10 Å². The Morgan fingerprint density at radius 2 is 2.15 bits per heavy atom. The Hall–Kier alpha value is -1.40. The van der Waals surface area contributed by atoms with E-state index >= 15 is 0 Å². The van der Waals surface area contributed by atoms with Crippen molar-refractivity contribution in [3.63, 3.8) is 0 Å². The van der Waals surface area contributed by atoms with Crippen LogP contribution in [-0.4, -0.2) is 35.2 Å². The first-order valence-corrected chi connectivity index (χ1v) is 8.68. The predicted octanol–water partition coefficient (Wildman–Crippen LogP) is 1.11. The SMILES string of the molecule is CCn1nc(CC2(N)CCS(=O)(=O)C2)c2ccccc21. The molecule has 0 aliphatic carbocycles. The molecule has 1 aliphatic heterocycles. The summed E-state index contributed by atoms with van der Waals surface area (Å²) in [6, 6.07) is 8.01. The van der Waals surface area contributed by atoms with Crippen LogP contribution in [0.5, 0.6) is 0 Å². The molecule has 1 aromatic carbocycles. The summed E-state index contributed by atoms with van der Waals surface area (Å²) < 4.78 is 25.3. The van der Waals surface area contributed by atoms with Crippen LogP contribution in [0.3, 0.4) is 0 Å². The lowest BCUT2D eigenvalue weighted by molar-refractivity contribution is 0.468. The highest BCUT2D eigenvalue weighted by Gasteiger charge is 2.39. The van der Waals surface area contributed by atoms with Crippen molar-refractivity contribution in [1.82, 2.24) is 9.78 Å². The number of sulfone groups is 1. The maximum Gasteiger partial charge on any atom is 0.152 e. The number of hydrogen-bond acceptors (Lipinski definition) is 4. The second kappa shape index (κ2) is 4.56. The summed E-state index contributed by atoms with van der Waals surface area (Å²) in [5, 5.41) is 5.68. The van der Waals surface area contributed by atoms with E-state index in [9.17, 15) is 8.42 Å². The molecule has 6 heteroatoms. The van der Waals surface area contributed by atoms with E-state index in [0.717, 1.165) is 23.1 Å². The lowest BCUT2D eigenvalue weighted by Gasteiger charge is -2.20. The van der Waals surface area contributed by atoms with E-state index in [0.29, 0.717) is 12.8 Å². The molecule has 0 spiro atoms. The second-order valence-electron chi connectivity index (χ2n) is 5.66. The first-order chi connectivity index (χ1) is 9.42. The van der Waals surface area contributed by atoms with Gasteiger partial charge in [-0.3, -0.25) is 4.68 Å². The molecule has 0 bridgehead atoms. The van der Waals surface area contributed by atoms with Crippen molar-refractivity contribution in [2.75, 3.05) is 11.5 Å². The molecule has 0 radical (unpaired) electrons. The first-order valence-electron chi connectivity index (χ1n) is 6.86. The third-order valence-electron chi connectivity index (χ3n) is 3.97. The van der Waals surface area contributed by atoms with E-state index in [-0.39, 0.29) is 11.5 Å². The molecule has 2 N–H and O–H groups in total. The molecule has 0 saturated carbocycles. The smallest absolute Gasteiger partial charge is 0.152 e. The normalized spacial score (nSPS) is 25.3. The van der Waals surface area contributed by atoms with Gasteiger partial charge in [0, 0.05) is 23.9 Å². The molecular weight excluding hydrogens is 274 g/mol. The van der Waals surface area contributed by atoms with Gasteiger partial charge in [0.25, 0.3) is 0 Å². The van der Waals surface area contributed by atoms with Gasteiger partial charge in [0.1, 0.15) is 0 Å². The Bertz CT molecular complexity index is 751. The minimum absolute atomic E-state index is 0.0628. The van der Waals surface area contributed by atoms with Gasteiger partial charge in [0.2, 0.25) is 0 Å². The monoisotopic (exact) mass is 293 g/mol. The zero-order valence-corrected chi connectivity index (χ0v) is 12.4. The number of aryl methyl sites for hydroxylation is 1. The van der Waals surface area contributed by atoms with Gasteiger partial charge in [-0.05, 0) is 19.4 Å². The van der Waals surface area contributed by atoms with Crippen LogP contribution < -0.4 is 5.73 Å². The molecule has 2 aromatic rings. The van der Waals surface area contributed by atoms with E-state index < -0.39 is 15.4 Å². The lowest BCUT2D eigenvalue weighted by Crippen LogP contribution is -2.43. The van der Waals surface area contributed by atoms with Crippen molar-refractivity contribution in [3.8, 4) is 0 Å². The van der Waals surface area contributed by atoms with Crippen LogP contribution >= 0.6 is 0 Å². The van der Waals surface area contributed by atoms with Gasteiger partial charge >= 0.3 is 0 Å². The number of fused-ring (bicyclic) bond motifs is 1. The fraction of sp³-hybridized carbons (Fsp3) is 0.500. The highest BCUT2D eigenvalue weighted by atomic mass is 32.2. The van der Waals surface area contributed by atoms with Crippen LogP contribution in [0.1, 0.15) is 19.0 Å². The third-order valence-corrected chi connectivity index (χ3v) is 5.81. The van der Waals surface area contributed by atoms with Crippen molar-refractivity contribution in [1.29, 1.82) is 0 Å². The average molecular weight is 293 g/mol. The van der Waals surface area contributed by atoms with Gasteiger partial charge < -0.3 is 5.73 Å². The summed E-state index contributed by atoms with van der Waals surface area (Å²) in [4.78, 5) is 0. The highest BCUT2D eigenvalue weighted by molar-refractivity contribution is 7.91. The van der Waals surface area contributed by atoms with Gasteiger partial charge in [0.05, 0.1) is 22.7 Å². The lowest BCUT2D eigenvalue weighted by atomic mass is 9.93. The number of nitrogens with two attached hydrogens (primary N) is 1. The number of nitrogens with zero attached hydrogens (tertiary/aromatic N) is 2. The Morgan fingerprint density at radius 3 is 2.80 bits per heavy atom. The standard InChI is InChI=1S/C14H19N3O2S/c1-2-17-13-6-4-3-5-11(13)12(16-17)9-14(15)7-8-20(18,19)10-14/h3-6H,2,7-10,15H2,1H3. The number of aromatic nitrogens is 2. The van der Waals surface area contributed by atoms with Gasteiger partial charge in [0.15, 0.2) is 9.84 Å². The van der Waals surface area contributed by atoms with E-state index in [4.69, 9.17) is 5.73 Å². The minimum Gasteiger partial charge on any atom is -0.324 e. The van der Waals surface area contributed by atoms with Crippen LogP contribution in [0.4, 0.5) is 0 Å². The summed E-state index contributed by atoms with van der Waals surface area (Å²) in [7, 11) is -2.99. The van der Waals surface area contributed by atoms with E-state index in [1.54, 1.807) is 0 Å². The van der Waals surface area contributed by atoms with Crippen LogP contribution in [0.2, 0.25) is 0 Å². The van der Waals surface area contributed by atoms with Crippen molar-refractivity contribution in [3.05, 3.63) is 30.0 Å². The van der Waals surface area contributed by atoms with Crippen molar-refractivity contribution < 1.29 is 8.42 Å². The summed E-state index contributed by atoms with van der Waals surface area (Å²) >= 11 is 0. The van der Waals surface area contributed by atoms with Crippen LogP contribution in [-0.2, 0) is 22.8 Å². The molecule has 0 amide bonds. The summed E-state index contributed by atoms with van der Waals surface area (Å²) in [5.41, 5.74) is 7.59. The molecule has 1 unspecified atom stereocenters. The summed E-state index contributed by atoms with van der Waals surface area (Å²) in [6.45, 7) is 2.83. The Morgan fingerprint density at radius 1 is 1.40 bits per heavy atom. The third kappa shape index (κ3) is 2.33. The fourth-order valence-electron chi connectivity index (χ4n) is 2.98. The topological polar surface area (TPSA) is 78.0 Å². The molecule has 1 fully saturated rings. The van der Waals surface area contributed by atoms with Crippen LogP contribution in [0, 0.1) is 0 Å². The molecule has 2 heterocycles. The van der Waals surface area contributed by atoms with Crippen LogP contribution in [0.25, 0.3) is 10.9 Å². The number of rotatable bonds is 3. The van der Waals surface area contributed by atoms with Crippen molar-refractivity contribution >= 4 is 20.7 Å². The molecule has 1 saturated heterocycles. The zero-order valence-electron chi connectivity index (χ0n) is 11.5. The molecule has 20 heavy (non-hydrogen) atoms. The molecule has 5 nitrogen and oxygen atoms in total. The van der Waals surface area contributed by atoms with Gasteiger partial charge in [-0.25, -0.2) is 8.42 Å². The Kier molecular flexibility index (Phi) is 3.10. The van der Waals surface area contributed by atoms with Crippen LogP contribution in [0.15, 0.2) is 24.3 Å². The van der Waals surface area contributed by atoms with E-state index in [1.807, 2.05) is 35.9 Å². The van der Waals surface area contributed by atoms with E-state index in [1.165, 1.54) is 0 Å². The zero-order chi connectivity index (χ0) is 14.4. The van der Waals surface area contributed by atoms with Gasteiger partial charge in [-0.1, -0.05) is 18.2 Å². The average Bonchev–Trinajstić information content (AvgIpc) is 2.88. The first kappa shape index (κ1) is 13.6. The number of hydrogen-bond donors (Lipinski definition) is 1. The molecule has 3 rings (SSSR count). The van der Waals surface area contributed by atoms with Gasteiger partial charge in [-0.15, -0.1) is 0 Å². The minimum atomic E-state index is -2.99. The van der Waals surface area contributed by atoms with Gasteiger partial charge in [-0.2, -0.15) is 5.10 Å². The van der Waals surface area contributed by atoms with Crippen molar-refractivity contribution in [2.45, 2.75) is 31.8 Å². The highest BCUT2D eigenvalue weighted by Crippen LogP contribution is 2.28. The largest absolute Gasteiger partial charge is 0.324 e. The maximum atomic E-state index is 11.7. The van der Waals surface area contributed by atoms with Crippen molar-refractivity contribution in [2.24, 2.45) is 5.73 Å². The fourth-order valence-corrected chi connectivity index (χ4v) is 4.97.